The molecule has 0 radical (unpaired) electrons. The molecule has 1 fully saturated rings. The molecule has 0 aromatic heterocycles. The van der Waals surface area contributed by atoms with Gasteiger partial charge in [-0.2, -0.15) is 0 Å². The smallest absolute Gasteiger partial charge is 0.337 e. The van der Waals surface area contributed by atoms with Gasteiger partial charge in [0, 0.05) is 6.04 Å². The van der Waals surface area contributed by atoms with Crippen molar-refractivity contribution in [1.82, 2.24) is 0 Å². The third kappa shape index (κ3) is 3.46. The number of esters is 1. The van der Waals surface area contributed by atoms with E-state index < -0.39 is 5.97 Å². The molecule has 1 aromatic carbocycles. The first kappa shape index (κ1) is 13.8. The first-order chi connectivity index (χ1) is 9.10. The molecule has 0 heterocycles. The molecule has 0 saturated heterocycles. The molecule has 0 spiro atoms. The molecule has 1 aliphatic carbocycles. The number of nitrogens with one attached hydrogen (secondary N) is 1. The van der Waals surface area contributed by atoms with Crippen molar-refractivity contribution in [1.29, 1.82) is 0 Å². The van der Waals surface area contributed by atoms with Gasteiger partial charge in [0.05, 0.1) is 18.4 Å². The fourth-order valence-electron chi connectivity index (χ4n) is 2.67. The average Bonchev–Trinajstić information content (AvgIpc) is 2.40. The first-order valence-electron chi connectivity index (χ1n) is 6.74. The summed E-state index contributed by atoms with van der Waals surface area (Å²) in [4.78, 5) is 11.4. The fraction of sp³-hybridized carbons (Fsp3) is 0.533. The highest BCUT2D eigenvalue weighted by atomic mass is 19.1. The lowest BCUT2D eigenvalue weighted by Gasteiger charge is -2.28. The number of ether oxygens (including phenoxy) is 1. The van der Waals surface area contributed by atoms with E-state index in [9.17, 15) is 9.18 Å². The molecule has 19 heavy (non-hydrogen) atoms. The summed E-state index contributed by atoms with van der Waals surface area (Å²) in [6.45, 7) is 2.22. The lowest BCUT2D eigenvalue weighted by molar-refractivity contribution is 0.0600. The molecule has 1 saturated carbocycles. The maximum Gasteiger partial charge on any atom is 0.337 e. The fourth-order valence-corrected chi connectivity index (χ4v) is 2.67. The summed E-state index contributed by atoms with van der Waals surface area (Å²) < 4.78 is 18.4. The molecule has 4 heteroatoms. The highest BCUT2D eigenvalue weighted by molar-refractivity contribution is 5.90. The van der Waals surface area contributed by atoms with Crippen molar-refractivity contribution in [2.45, 2.75) is 38.6 Å². The van der Waals surface area contributed by atoms with Crippen molar-refractivity contribution in [3.8, 4) is 0 Å². The van der Waals surface area contributed by atoms with E-state index in [1.54, 1.807) is 0 Å². The van der Waals surface area contributed by atoms with Crippen LogP contribution in [0.4, 0.5) is 10.1 Å². The monoisotopic (exact) mass is 265 g/mol. The third-order valence-electron chi connectivity index (χ3n) is 3.68. The summed E-state index contributed by atoms with van der Waals surface area (Å²) in [6.07, 6.45) is 4.49. The number of halogens is 1. The van der Waals surface area contributed by atoms with Crippen LogP contribution >= 0.6 is 0 Å². The maximum atomic E-state index is 13.8. The molecule has 1 aromatic rings. The Kier molecular flexibility index (Phi) is 4.40. The van der Waals surface area contributed by atoms with E-state index >= 15 is 0 Å². The zero-order valence-corrected chi connectivity index (χ0v) is 11.4. The Morgan fingerprint density at radius 2 is 2.21 bits per heavy atom. The number of rotatable bonds is 3. The van der Waals surface area contributed by atoms with Gasteiger partial charge in [-0.1, -0.05) is 19.8 Å². The second-order valence-corrected chi connectivity index (χ2v) is 5.30. The molecule has 1 N–H and O–H groups in total. The summed E-state index contributed by atoms with van der Waals surface area (Å²) in [6, 6.07) is 4.56. The van der Waals surface area contributed by atoms with Crippen molar-refractivity contribution >= 4 is 11.7 Å². The SMILES string of the molecule is COC(=O)c1ccc(F)c(NC2CCCC(C)C2)c1. The Hall–Kier alpha value is -1.58. The second kappa shape index (κ2) is 6.04. The second-order valence-electron chi connectivity index (χ2n) is 5.30. The largest absolute Gasteiger partial charge is 0.465 e. The van der Waals surface area contributed by atoms with Crippen LogP contribution in [0.25, 0.3) is 0 Å². The van der Waals surface area contributed by atoms with Gasteiger partial charge in [0.15, 0.2) is 0 Å². The van der Waals surface area contributed by atoms with Crippen LogP contribution in [0.15, 0.2) is 18.2 Å². The van der Waals surface area contributed by atoms with Gasteiger partial charge in [0.25, 0.3) is 0 Å². The van der Waals surface area contributed by atoms with E-state index in [0.29, 0.717) is 17.2 Å². The quantitative estimate of drug-likeness (QED) is 0.849. The lowest BCUT2D eigenvalue weighted by atomic mass is 9.87. The van der Waals surface area contributed by atoms with E-state index in [-0.39, 0.29) is 11.9 Å². The summed E-state index contributed by atoms with van der Waals surface area (Å²) in [7, 11) is 1.32. The summed E-state index contributed by atoms with van der Waals surface area (Å²) in [5, 5.41) is 3.22. The van der Waals surface area contributed by atoms with E-state index in [0.717, 1.165) is 19.3 Å². The summed E-state index contributed by atoms with van der Waals surface area (Å²) in [5.41, 5.74) is 0.761. The molecule has 0 bridgehead atoms. The summed E-state index contributed by atoms with van der Waals surface area (Å²) in [5.74, 6) is -0.107. The van der Waals surface area contributed by atoms with E-state index in [4.69, 9.17) is 0 Å². The highest BCUT2D eigenvalue weighted by Gasteiger charge is 2.20. The molecule has 3 nitrogen and oxygen atoms in total. The van der Waals surface area contributed by atoms with Crippen molar-refractivity contribution in [2.75, 3.05) is 12.4 Å². The Morgan fingerprint density at radius 3 is 2.89 bits per heavy atom. The zero-order chi connectivity index (χ0) is 13.8. The zero-order valence-electron chi connectivity index (χ0n) is 11.4. The standard InChI is InChI=1S/C15H20FNO2/c1-10-4-3-5-12(8-10)17-14-9-11(15(18)19-2)6-7-13(14)16/h6-7,9-10,12,17H,3-5,8H2,1-2H3. The van der Waals surface area contributed by atoms with Crippen LogP contribution in [-0.2, 0) is 4.74 Å². The molecular weight excluding hydrogens is 245 g/mol. The van der Waals surface area contributed by atoms with Gasteiger partial charge < -0.3 is 10.1 Å². The Balaban J connectivity index is 2.12. The van der Waals surface area contributed by atoms with Gasteiger partial charge >= 0.3 is 5.97 Å². The average molecular weight is 265 g/mol. The summed E-state index contributed by atoms with van der Waals surface area (Å²) >= 11 is 0. The number of benzene rings is 1. The minimum atomic E-state index is -0.444. The van der Waals surface area contributed by atoms with Crippen molar-refractivity contribution in [2.24, 2.45) is 5.92 Å². The highest BCUT2D eigenvalue weighted by Crippen LogP contribution is 2.27. The van der Waals surface area contributed by atoms with Gasteiger partial charge in [0.2, 0.25) is 0 Å². The lowest BCUT2D eigenvalue weighted by Crippen LogP contribution is -2.26. The normalized spacial score (nSPS) is 22.9. The minimum Gasteiger partial charge on any atom is -0.465 e. The predicted octanol–water partition coefficient (Wildman–Crippen LogP) is 3.60. The van der Waals surface area contributed by atoms with Crippen LogP contribution < -0.4 is 5.32 Å². The molecule has 2 rings (SSSR count). The number of hydrogen-bond acceptors (Lipinski definition) is 3. The van der Waals surface area contributed by atoms with Crippen LogP contribution in [-0.4, -0.2) is 19.1 Å². The van der Waals surface area contributed by atoms with Crippen molar-refractivity contribution in [3.63, 3.8) is 0 Å². The topological polar surface area (TPSA) is 38.3 Å². The maximum absolute atomic E-state index is 13.8. The van der Waals surface area contributed by atoms with Crippen molar-refractivity contribution in [3.05, 3.63) is 29.6 Å². The van der Waals surface area contributed by atoms with Crippen molar-refractivity contribution < 1.29 is 13.9 Å². The Bertz CT molecular complexity index is 461. The van der Waals surface area contributed by atoms with Crippen LogP contribution in [0, 0.1) is 11.7 Å². The minimum absolute atomic E-state index is 0.283. The predicted molar refractivity (Wildman–Crippen MR) is 72.8 cm³/mol. The molecule has 0 amide bonds. The van der Waals surface area contributed by atoms with Crippen LogP contribution in [0.1, 0.15) is 43.0 Å². The number of hydrogen-bond donors (Lipinski definition) is 1. The molecular formula is C15H20FNO2. The molecule has 104 valence electrons. The molecule has 2 unspecified atom stereocenters. The molecule has 2 atom stereocenters. The molecule has 0 aliphatic heterocycles. The van der Waals surface area contributed by atoms with Crippen LogP contribution in [0.5, 0.6) is 0 Å². The number of anilines is 1. The number of carbonyl (C=O) groups is 1. The number of methoxy groups -OCH3 is 1. The van der Waals surface area contributed by atoms with Gasteiger partial charge in [-0.3, -0.25) is 0 Å². The third-order valence-corrected chi connectivity index (χ3v) is 3.68. The molecule has 1 aliphatic rings. The van der Waals surface area contributed by atoms with Gasteiger partial charge in [-0.05, 0) is 37.0 Å². The number of carbonyl (C=O) groups excluding carboxylic acids is 1. The Morgan fingerprint density at radius 1 is 1.42 bits per heavy atom. The Labute approximate surface area is 113 Å². The van der Waals surface area contributed by atoms with Gasteiger partial charge in [-0.15, -0.1) is 0 Å². The van der Waals surface area contributed by atoms with E-state index in [2.05, 4.69) is 17.0 Å². The van der Waals surface area contributed by atoms with Gasteiger partial charge in [-0.25, -0.2) is 9.18 Å². The van der Waals surface area contributed by atoms with Gasteiger partial charge in [0.1, 0.15) is 5.82 Å². The van der Waals surface area contributed by atoms with E-state index in [1.165, 1.54) is 31.7 Å². The first-order valence-corrected chi connectivity index (χ1v) is 6.74. The van der Waals surface area contributed by atoms with E-state index in [1.807, 2.05) is 0 Å². The van der Waals surface area contributed by atoms with Crippen LogP contribution in [0.3, 0.4) is 0 Å². The van der Waals surface area contributed by atoms with Crippen LogP contribution in [0.2, 0.25) is 0 Å².